The summed E-state index contributed by atoms with van der Waals surface area (Å²) in [5.41, 5.74) is 1.93. The minimum atomic E-state index is -0.308. The molecule has 1 aliphatic rings. The summed E-state index contributed by atoms with van der Waals surface area (Å²) in [6.07, 6.45) is 6.74. The van der Waals surface area contributed by atoms with Crippen molar-refractivity contribution in [1.82, 2.24) is 5.32 Å². The van der Waals surface area contributed by atoms with E-state index in [1.807, 2.05) is 12.1 Å². The average molecular weight is 262 g/mol. The van der Waals surface area contributed by atoms with Crippen LogP contribution in [-0.4, -0.2) is 11.5 Å². The highest BCUT2D eigenvalue weighted by Crippen LogP contribution is 2.27. The number of nitro groups is 1. The van der Waals surface area contributed by atoms with Gasteiger partial charge < -0.3 is 5.32 Å². The minimum Gasteiger partial charge on any atom is -0.313 e. The van der Waals surface area contributed by atoms with Crippen molar-refractivity contribution in [1.29, 1.82) is 0 Å². The largest absolute Gasteiger partial charge is 0.313 e. The second-order valence-electron chi connectivity index (χ2n) is 5.49. The van der Waals surface area contributed by atoms with Crippen molar-refractivity contribution < 1.29 is 4.92 Å². The Labute approximate surface area is 114 Å². The fourth-order valence-corrected chi connectivity index (χ4v) is 2.80. The first kappa shape index (κ1) is 14.0. The second-order valence-corrected chi connectivity index (χ2v) is 5.49. The van der Waals surface area contributed by atoms with Crippen LogP contribution < -0.4 is 5.32 Å². The van der Waals surface area contributed by atoms with Crippen molar-refractivity contribution in [2.24, 2.45) is 5.92 Å². The highest BCUT2D eigenvalue weighted by atomic mass is 16.6. The lowest BCUT2D eigenvalue weighted by Gasteiger charge is -2.10. The molecular formula is C15H22N2O2. The summed E-state index contributed by atoms with van der Waals surface area (Å²) in [5.74, 6) is 0.889. The molecule has 0 aliphatic heterocycles. The first-order chi connectivity index (χ1) is 9.16. The summed E-state index contributed by atoms with van der Waals surface area (Å²) in [7, 11) is 0. The van der Waals surface area contributed by atoms with Gasteiger partial charge in [0.2, 0.25) is 0 Å². The lowest BCUT2D eigenvalue weighted by atomic mass is 10.0. The predicted molar refractivity (Wildman–Crippen MR) is 76.1 cm³/mol. The molecule has 0 heterocycles. The van der Waals surface area contributed by atoms with E-state index in [2.05, 4.69) is 5.32 Å². The molecule has 0 bridgehead atoms. The number of nitrogens with zero attached hydrogens (tertiary/aromatic N) is 1. The second kappa shape index (κ2) is 6.66. The van der Waals surface area contributed by atoms with Gasteiger partial charge in [0, 0.05) is 18.2 Å². The smallest absolute Gasteiger partial charge is 0.272 e. The highest BCUT2D eigenvalue weighted by molar-refractivity contribution is 5.42. The third-order valence-electron chi connectivity index (χ3n) is 4.00. The van der Waals surface area contributed by atoms with Gasteiger partial charge in [0.05, 0.1) is 4.92 Å². The molecule has 1 aromatic rings. The van der Waals surface area contributed by atoms with Gasteiger partial charge in [0.25, 0.3) is 5.69 Å². The Morgan fingerprint density at radius 1 is 1.37 bits per heavy atom. The van der Waals surface area contributed by atoms with E-state index < -0.39 is 0 Å². The Balaban J connectivity index is 1.79. The highest BCUT2D eigenvalue weighted by Gasteiger charge is 2.14. The molecule has 104 valence electrons. The zero-order valence-electron chi connectivity index (χ0n) is 11.5. The zero-order chi connectivity index (χ0) is 13.7. The third-order valence-corrected chi connectivity index (χ3v) is 4.00. The van der Waals surface area contributed by atoms with Crippen LogP contribution in [0.25, 0.3) is 0 Å². The molecule has 0 unspecified atom stereocenters. The van der Waals surface area contributed by atoms with E-state index in [-0.39, 0.29) is 10.6 Å². The van der Waals surface area contributed by atoms with Gasteiger partial charge in [-0.1, -0.05) is 37.8 Å². The number of benzene rings is 1. The standard InChI is InChI=1S/C15H22N2O2/c1-12-6-7-14(10-15(12)17(18)19)11-16-9-8-13-4-2-3-5-13/h6-7,10,13,16H,2-5,8-9,11H2,1H3. The van der Waals surface area contributed by atoms with Crippen molar-refractivity contribution in [3.05, 3.63) is 39.4 Å². The molecule has 0 aromatic heterocycles. The van der Waals surface area contributed by atoms with Crippen LogP contribution in [0.3, 0.4) is 0 Å². The van der Waals surface area contributed by atoms with Gasteiger partial charge in [-0.05, 0) is 31.4 Å². The van der Waals surface area contributed by atoms with Crippen LogP contribution in [0.1, 0.15) is 43.2 Å². The average Bonchev–Trinajstić information content (AvgIpc) is 2.89. The van der Waals surface area contributed by atoms with E-state index in [4.69, 9.17) is 0 Å². The molecule has 1 fully saturated rings. The molecule has 19 heavy (non-hydrogen) atoms. The van der Waals surface area contributed by atoms with Crippen LogP contribution in [0, 0.1) is 23.0 Å². The topological polar surface area (TPSA) is 55.2 Å². The predicted octanol–water partition coefficient (Wildman–Crippen LogP) is 3.57. The number of hydrogen-bond donors (Lipinski definition) is 1. The maximum Gasteiger partial charge on any atom is 0.272 e. The zero-order valence-corrected chi connectivity index (χ0v) is 11.5. The molecule has 1 saturated carbocycles. The fourth-order valence-electron chi connectivity index (χ4n) is 2.80. The summed E-state index contributed by atoms with van der Waals surface area (Å²) >= 11 is 0. The molecule has 4 nitrogen and oxygen atoms in total. The Morgan fingerprint density at radius 2 is 2.11 bits per heavy atom. The van der Waals surface area contributed by atoms with Gasteiger partial charge in [0.15, 0.2) is 0 Å². The summed E-state index contributed by atoms with van der Waals surface area (Å²) in [4.78, 5) is 10.6. The minimum absolute atomic E-state index is 0.218. The first-order valence-corrected chi connectivity index (χ1v) is 7.11. The van der Waals surface area contributed by atoms with Gasteiger partial charge in [0.1, 0.15) is 0 Å². The lowest BCUT2D eigenvalue weighted by Crippen LogP contribution is -2.17. The van der Waals surface area contributed by atoms with E-state index in [0.29, 0.717) is 6.54 Å². The quantitative estimate of drug-likeness (QED) is 0.484. The van der Waals surface area contributed by atoms with Gasteiger partial charge in [-0.15, -0.1) is 0 Å². The normalized spacial score (nSPS) is 15.8. The van der Waals surface area contributed by atoms with Gasteiger partial charge in [-0.25, -0.2) is 0 Å². The Bertz CT molecular complexity index is 440. The molecule has 0 atom stereocenters. The van der Waals surface area contributed by atoms with Crippen LogP contribution >= 0.6 is 0 Å². The molecule has 2 rings (SSSR count). The molecular weight excluding hydrogens is 240 g/mol. The summed E-state index contributed by atoms with van der Waals surface area (Å²) in [6, 6.07) is 5.47. The van der Waals surface area contributed by atoms with Crippen molar-refractivity contribution in [2.75, 3.05) is 6.54 Å². The number of hydrogen-bond acceptors (Lipinski definition) is 3. The van der Waals surface area contributed by atoms with Crippen LogP contribution in [0.4, 0.5) is 5.69 Å². The number of nitrogens with one attached hydrogen (secondary N) is 1. The van der Waals surface area contributed by atoms with E-state index in [0.717, 1.165) is 23.6 Å². The van der Waals surface area contributed by atoms with Crippen molar-refractivity contribution >= 4 is 5.69 Å². The Kier molecular flexibility index (Phi) is 4.91. The monoisotopic (exact) mass is 262 g/mol. The van der Waals surface area contributed by atoms with Gasteiger partial charge in [-0.3, -0.25) is 10.1 Å². The molecule has 0 saturated heterocycles. The van der Waals surface area contributed by atoms with Crippen LogP contribution in [0.5, 0.6) is 0 Å². The van der Waals surface area contributed by atoms with Crippen molar-refractivity contribution in [3.63, 3.8) is 0 Å². The number of nitro benzene ring substituents is 1. The summed E-state index contributed by atoms with van der Waals surface area (Å²) in [5, 5.41) is 14.3. The molecule has 0 radical (unpaired) electrons. The number of aryl methyl sites for hydroxylation is 1. The van der Waals surface area contributed by atoms with E-state index in [1.54, 1.807) is 13.0 Å². The maximum absolute atomic E-state index is 10.9. The Morgan fingerprint density at radius 3 is 2.79 bits per heavy atom. The fraction of sp³-hybridized carbons (Fsp3) is 0.600. The molecule has 1 aliphatic carbocycles. The molecule has 1 N–H and O–H groups in total. The molecule has 0 amide bonds. The van der Waals surface area contributed by atoms with Crippen molar-refractivity contribution in [3.8, 4) is 0 Å². The van der Waals surface area contributed by atoms with E-state index in [9.17, 15) is 10.1 Å². The summed E-state index contributed by atoms with van der Waals surface area (Å²) in [6.45, 7) is 3.50. The van der Waals surface area contributed by atoms with Crippen molar-refractivity contribution in [2.45, 2.75) is 45.6 Å². The number of rotatable bonds is 6. The molecule has 0 spiro atoms. The van der Waals surface area contributed by atoms with E-state index >= 15 is 0 Å². The molecule has 4 heteroatoms. The third kappa shape index (κ3) is 4.03. The van der Waals surface area contributed by atoms with E-state index in [1.165, 1.54) is 32.1 Å². The first-order valence-electron chi connectivity index (χ1n) is 7.11. The maximum atomic E-state index is 10.9. The molecule has 1 aromatic carbocycles. The SMILES string of the molecule is Cc1ccc(CNCCC2CCCC2)cc1[N+](=O)[O-]. The van der Waals surface area contributed by atoms with Crippen LogP contribution in [0.15, 0.2) is 18.2 Å². The van der Waals surface area contributed by atoms with Gasteiger partial charge >= 0.3 is 0 Å². The van der Waals surface area contributed by atoms with Crippen LogP contribution in [0.2, 0.25) is 0 Å². The van der Waals surface area contributed by atoms with Crippen LogP contribution in [-0.2, 0) is 6.54 Å². The summed E-state index contributed by atoms with van der Waals surface area (Å²) < 4.78 is 0. The lowest BCUT2D eigenvalue weighted by molar-refractivity contribution is -0.385. The Hall–Kier alpha value is -1.42. The van der Waals surface area contributed by atoms with Gasteiger partial charge in [-0.2, -0.15) is 0 Å².